The van der Waals surface area contributed by atoms with E-state index in [9.17, 15) is 36.0 Å². The zero-order chi connectivity index (χ0) is 23.8. The highest BCUT2D eigenvalue weighted by Gasteiger charge is 2.32. The van der Waals surface area contributed by atoms with Gasteiger partial charge < -0.3 is 10.2 Å². The molecule has 168 valence electrons. The number of carboxylic acids is 2. The molecule has 12 nitrogen and oxygen atoms in total. The van der Waals surface area contributed by atoms with Gasteiger partial charge in [0.15, 0.2) is 11.6 Å². The zero-order valence-electron chi connectivity index (χ0n) is 15.9. The fraction of sp³-hybridized carbons (Fsp3) is 0.111. The Morgan fingerprint density at radius 1 is 0.656 bits per heavy atom. The molecule has 0 amide bonds. The number of nitrogens with one attached hydrogen (secondary N) is 2. The molecule has 14 heteroatoms. The molecular formula is C18H14N2O10S2. The summed E-state index contributed by atoms with van der Waals surface area (Å²) in [6.07, 6.45) is 0. The number of hydrogen-bond donors (Lipinski definition) is 4. The molecule has 2 aromatic carbocycles. The molecule has 0 bridgehead atoms. The number of sulfonamides is 2. The van der Waals surface area contributed by atoms with Crippen molar-refractivity contribution in [2.75, 3.05) is 13.1 Å². The van der Waals surface area contributed by atoms with Crippen LogP contribution >= 0.6 is 0 Å². The van der Waals surface area contributed by atoms with Crippen LogP contribution in [0.15, 0.2) is 46.2 Å². The number of ketones is 2. The molecule has 0 aromatic heterocycles. The molecule has 0 atom stereocenters. The summed E-state index contributed by atoms with van der Waals surface area (Å²) in [6, 6.07) is 6.07. The van der Waals surface area contributed by atoms with Crippen LogP contribution in [0.25, 0.3) is 0 Å². The van der Waals surface area contributed by atoms with Gasteiger partial charge in [0.25, 0.3) is 0 Å². The summed E-state index contributed by atoms with van der Waals surface area (Å²) >= 11 is 0. The van der Waals surface area contributed by atoms with Gasteiger partial charge in [0.1, 0.15) is 13.1 Å². The van der Waals surface area contributed by atoms with Crippen molar-refractivity contribution in [1.82, 2.24) is 9.44 Å². The van der Waals surface area contributed by atoms with Gasteiger partial charge in [-0.15, -0.1) is 0 Å². The first-order valence-corrected chi connectivity index (χ1v) is 11.6. The highest BCUT2D eigenvalue weighted by Crippen LogP contribution is 2.30. The number of fused-ring (bicyclic) bond motifs is 2. The van der Waals surface area contributed by atoms with Crippen molar-refractivity contribution in [3.8, 4) is 0 Å². The summed E-state index contributed by atoms with van der Waals surface area (Å²) in [7, 11) is -8.62. The van der Waals surface area contributed by atoms with Gasteiger partial charge >= 0.3 is 11.9 Å². The second-order valence-electron chi connectivity index (χ2n) is 6.51. The average molecular weight is 482 g/mol. The van der Waals surface area contributed by atoms with E-state index in [2.05, 4.69) is 0 Å². The van der Waals surface area contributed by atoms with Crippen molar-refractivity contribution < 1.29 is 46.2 Å². The second kappa shape index (κ2) is 8.23. The lowest BCUT2D eigenvalue weighted by Gasteiger charge is -2.19. The average Bonchev–Trinajstić information content (AvgIpc) is 2.74. The normalized spacial score (nSPS) is 13.4. The minimum atomic E-state index is -4.31. The van der Waals surface area contributed by atoms with E-state index in [0.29, 0.717) is 0 Å². The summed E-state index contributed by atoms with van der Waals surface area (Å²) < 4.78 is 52.7. The van der Waals surface area contributed by atoms with Gasteiger partial charge in [0, 0.05) is 22.3 Å². The van der Waals surface area contributed by atoms with E-state index in [4.69, 9.17) is 10.2 Å². The van der Waals surface area contributed by atoms with Crippen molar-refractivity contribution in [2.24, 2.45) is 0 Å². The maximum absolute atomic E-state index is 13.0. The molecule has 0 heterocycles. The summed E-state index contributed by atoms with van der Waals surface area (Å²) in [5, 5.41) is 17.3. The molecule has 0 spiro atoms. The predicted molar refractivity (Wildman–Crippen MR) is 105 cm³/mol. The minimum absolute atomic E-state index is 0.112. The van der Waals surface area contributed by atoms with Crippen LogP contribution in [0.4, 0.5) is 0 Å². The third kappa shape index (κ3) is 4.43. The monoisotopic (exact) mass is 482 g/mol. The number of rotatable bonds is 8. The van der Waals surface area contributed by atoms with Gasteiger partial charge in [-0.1, -0.05) is 0 Å². The molecule has 3 rings (SSSR count). The Morgan fingerprint density at radius 3 is 1.34 bits per heavy atom. The minimum Gasteiger partial charge on any atom is -0.480 e. The first-order chi connectivity index (χ1) is 14.8. The van der Waals surface area contributed by atoms with Crippen LogP contribution in [0, 0.1) is 0 Å². The Balaban J connectivity index is 2.04. The van der Waals surface area contributed by atoms with E-state index in [1.807, 2.05) is 9.44 Å². The van der Waals surface area contributed by atoms with Crippen molar-refractivity contribution in [3.05, 3.63) is 58.7 Å². The van der Waals surface area contributed by atoms with Gasteiger partial charge in [0.05, 0.1) is 9.79 Å². The van der Waals surface area contributed by atoms with E-state index in [1.165, 1.54) is 0 Å². The number of carbonyl (C=O) groups is 4. The smallest absolute Gasteiger partial charge is 0.318 e. The lowest BCUT2D eigenvalue weighted by molar-refractivity contribution is -0.136. The van der Waals surface area contributed by atoms with Crippen LogP contribution in [0.2, 0.25) is 0 Å². The van der Waals surface area contributed by atoms with Crippen LogP contribution in [-0.4, -0.2) is 63.6 Å². The fourth-order valence-corrected chi connectivity index (χ4v) is 4.92. The number of carboxylic acid groups (broad SMARTS) is 2. The van der Waals surface area contributed by atoms with Crippen LogP contribution in [0.5, 0.6) is 0 Å². The molecule has 0 unspecified atom stereocenters. The van der Waals surface area contributed by atoms with Crippen molar-refractivity contribution >= 4 is 43.6 Å². The van der Waals surface area contributed by atoms with Gasteiger partial charge in [-0.2, -0.15) is 9.44 Å². The lowest BCUT2D eigenvalue weighted by Crippen LogP contribution is -2.30. The molecule has 1 aliphatic carbocycles. The number of carbonyl (C=O) groups excluding carboxylic acids is 2. The van der Waals surface area contributed by atoms with E-state index < -0.39 is 66.4 Å². The van der Waals surface area contributed by atoms with Crippen LogP contribution in [-0.2, 0) is 29.6 Å². The maximum Gasteiger partial charge on any atom is 0.318 e. The Morgan fingerprint density at radius 2 is 1.00 bits per heavy atom. The summed E-state index contributed by atoms with van der Waals surface area (Å²) in [5.74, 6) is -4.35. The highest BCUT2D eigenvalue weighted by molar-refractivity contribution is 7.89. The van der Waals surface area contributed by atoms with Crippen LogP contribution < -0.4 is 9.44 Å². The van der Waals surface area contributed by atoms with Crippen molar-refractivity contribution in [2.45, 2.75) is 9.79 Å². The third-order valence-electron chi connectivity index (χ3n) is 4.41. The molecule has 0 fully saturated rings. The lowest BCUT2D eigenvalue weighted by atomic mass is 9.84. The van der Waals surface area contributed by atoms with E-state index in [0.717, 1.165) is 36.4 Å². The second-order valence-corrected chi connectivity index (χ2v) is 10.0. The highest BCUT2D eigenvalue weighted by atomic mass is 32.2. The molecule has 1 aliphatic rings. The van der Waals surface area contributed by atoms with Gasteiger partial charge in [0.2, 0.25) is 20.0 Å². The van der Waals surface area contributed by atoms with Crippen molar-refractivity contribution in [1.29, 1.82) is 0 Å². The fourth-order valence-electron chi connectivity index (χ4n) is 2.92. The molecule has 4 N–H and O–H groups in total. The molecule has 2 aromatic rings. The van der Waals surface area contributed by atoms with Gasteiger partial charge in [-0.25, -0.2) is 16.8 Å². The largest absolute Gasteiger partial charge is 0.480 e. The standard InChI is InChI=1S/C18H14N2O10S2/c21-15(22)7-19-31(27,28)9-1-3-11-13(5-9)18(26)14-6-10(2-4-12(14)17(11)25)32(29,30)20-8-16(23)24/h1-6,19-20H,7-8H2,(H,21,22)(H,23,24). The number of aliphatic carboxylic acids is 2. The summed E-state index contributed by atoms with van der Waals surface area (Å²) in [6.45, 7) is -1.81. The van der Waals surface area contributed by atoms with Crippen molar-refractivity contribution in [3.63, 3.8) is 0 Å². The zero-order valence-corrected chi connectivity index (χ0v) is 17.5. The predicted octanol–water partition coefficient (Wildman–Crippen LogP) is -0.812. The topological polar surface area (TPSA) is 201 Å². The number of hydrogen-bond acceptors (Lipinski definition) is 8. The Kier molecular flexibility index (Phi) is 5.97. The van der Waals surface area contributed by atoms with Crippen LogP contribution in [0.3, 0.4) is 0 Å². The van der Waals surface area contributed by atoms with E-state index in [1.54, 1.807) is 0 Å². The Labute approximate surface area is 181 Å². The van der Waals surface area contributed by atoms with E-state index in [-0.39, 0.29) is 22.3 Å². The summed E-state index contributed by atoms with van der Waals surface area (Å²) in [4.78, 5) is 46.1. The first kappa shape index (κ1) is 23.2. The quantitative estimate of drug-likeness (QED) is 0.314. The van der Waals surface area contributed by atoms with E-state index >= 15 is 0 Å². The first-order valence-electron chi connectivity index (χ1n) is 8.64. The molecule has 0 saturated carbocycles. The van der Waals surface area contributed by atoms with Crippen LogP contribution in [0.1, 0.15) is 31.8 Å². The van der Waals surface area contributed by atoms with Gasteiger partial charge in [-0.3, -0.25) is 19.2 Å². The maximum atomic E-state index is 13.0. The number of benzene rings is 2. The molecule has 0 saturated heterocycles. The molecule has 0 radical (unpaired) electrons. The SMILES string of the molecule is O=C(O)CNS(=O)(=O)c1ccc2c(c1)C(=O)c1cc(S(=O)(=O)NCC(=O)O)ccc1C2=O. The molecule has 0 aliphatic heterocycles. The molecule has 32 heavy (non-hydrogen) atoms. The van der Waals surface area contributed by atoms with Gasteiger partial charge in [-0.05, 0) is 36.4 Å². The molecular weight excluding hydrogens is 468 g/mol. The Hall–Kier alpha value is -3.46. The summed E-state index contributed by atoms with van der Waals surface area (Å²) in [5.41, 5.74) is -0.846. The third-order valence-corrected chi connectivity index (χ3v) is 7.21. The Bertz CT molecular complexity index is 1290.